The summed E-state index contributed by atoms with van der Waals surface area (Å²) in [6, 6.07) is 5.81. The second-order valence-corrected chi connectivity index (χ2v) is 7.46. The van der Waals surface area contributed by atoms with Gasteiger partial charge in [0, 0.05) is 25.3 Å². The molecule has 2 heterocycles. The summed E-state index contributed by atoms with van der Waals surface area (Å²) in [6.45, 7) is 10.9. The van der Waals surface area contributed by atoms with Gasteiger partial charge in [-0.2, -0.15) is 0 Å². The van der Waals surface area contributed by atoms with Crippen molar-refractivity contribution in [3.8, 4) is 0 Å². The SMILES string of the molecule is Cc1cccc(N2CCN(C(=O)OC(C)(C)C)CC(C)(O)C2)n1. The maximum Gasteiger partial charge on any atom is 0.410 e. The van der Waals surface area contributed by atoms with Crippen molar-refractivity contribution in [3.05, 3.63) is 23.9 Å². The lowest BCUT2D eigenvalue weighted by Gasteiger charge is -2.31. The fraction of sp³-hybridized carbons (Fsp3) is 0.647. The third-order valence-corrected chi connectivity index (χ3v) is 3.55. The van der Waals surface area contributed by atoms with E-state index in [1.54, 1.807) is 11.8 Å². The zero-order chi connectivity index (χ0) is 17.3. The molecule has 1 aliphatic heterocycles. The average Bonchev–Trinajstić information content (AvgIpc) is 2.55. The lowest BCUT2D eigenvalue weighted by molar-refractivity contribution is -0.000277. The molecule has 1 amide bonds. The number of ether oxygens (including phenoxy) is 1. The predicted octanol–water partition coefficient (Wildman–Crippen LogP) is 2.20. The molecule has 1 unspecified atom stereocenters. The number of anilines is 1. The summed E-state index contributed by atoms with van der Waals surface area (Å²) in [4.78, 5) is 20.4. The summed E-state index contributed by atoms with van der Waals surface area (Å²) in [5.74, 6) is 0.816. The van der Waals surface area contributed by atoms with Crippen LogP contribution >= 0.6 is 0 Å². The van der Waals surface area contributed by atoms with Crippen LogP contribution in [-0.4, -0.2) is 58.5 Å². The molecule has 0 saturated carbocycles. The Bertz CT molecular complexity index is 566. The van der Waals surface area contributed by atoms with Crippen LogP contribution in [0.25, 0.3) is 0 Å². The average molecular weight is 321 g/mol. The molecular formula is C17H27N3O3. The Labute approximate surface area is 138 Å². The molecule has 6 nitrogen and oxygen atoms in total. The number of rotatable bonds is 1. The van der Waals surface area contributed by atoms with E-state index in [0.29, 0.717) is 19.6 Å². The van der Waals surface area contributed by atoms with Gasteiger partial charge < -0.3 is 19.6 Å². The quantitative estimate of drug-likeness (QED) is 0.859. The molecule has 6 heteroatoms. The Morgan fingerprint density at radius 2 is 2.00 bits per heavy atom. The zero-order valence-electron chi connectivity index (χ0n) is 14.7. The Balaban J connectivity index is 2.14. The number of carbonyl (C=O) groups is 1. The highest BCUT2D eigenvalue weighted by molar-refractivity contribution is 5.68. The molecule has 23 heavy (non-hydrogen) atoms. The summed E-state index contributed by atoms with van der Waals surface area (Å²) in [7, 11) is 0. The highest BCUT2D eigenvalue weighted by Gasteiger charge is 2.35. The molecular weight excluding hydrogens is 294 g/mol. The third-order valence-electron chi connectivity index (χ3n) is 3.55. The van der Waals surface area contributed by atoms with Crippen LogP contribution in [-0.2, 0) is 4.74 Å². The number of carbonyl (C=O) groups excluding carboxylic acids is 1. The standard InChI is InChI=1S/C17H27N3O3/c1-13-7-6-8-14(18-13)19-9-10-20(12-17(5,22)11-19)15(21)23-16(2,3)4/h6-8,22H,9-12H2,1-5H3. The van der Waals surface area contributed by atoms with E-state index in [0.717, 1.165) is 11.5 Å². The number of nitrogens with zero attached hydrogens (tertiary/aromatic N) is 3. The van der Waals surface area contributed by atoms with E-state index in [9.17, 15) is 9.90 Å². The topological polar surface area (TPSA) is 65.9 Å². The van der Waals surface area contributed by atoms with E-state index in [1.807, 2.05) is 50.8 Å². The summed E-state index contributed by atoms with van der Waals surface area (Å²) in [5, 5.41) is 10.7. The van der Waals surface area contributed by atoms with Crippen LogP contribution in [0.15, 0.2) is 18.2 Å². The minimum Gasteiger partial charge on any atom is -0.444 e. The Kier molecular flexibility index (Phi) is 4.84. The molecule has 0 spiro atoms. The van der Waals surface area contributed by atoms with Crippen LogP contribution in [0.5, 0.6) is 0 Å². The molecule has 0 aromatic carbocycles. The molecule has 1 aromatic heterocycles. The van der Waals surface area contributed by atoms with Gasteiger partial charge in [0.25, 0.3) is 0 Å². The summed E-state index contributed by atoms with van der Waals surface area (Å²) in [6.07, 6.45) is -0.392. The monoisotopic (exact) mass is 321 g/mol. The van der Waals surface area contributed by atoms with Crippen LogP contribution in [0.3, 0.4) is 0 Å². The van der Waals surface area contributed by atoms with Gasteiger partial charge >= 0.3 is 6.09 Å². The second-order valence-electron chi connectivity index (χ2n) is 7.46. The number of hydrogen-bond acceptors (Lipinski definition) is 5. The molecule has 1 atom stereocenters. The van der Waals surface area contributed by atoms with Crippen molar-refractivity contribution >= 4 is 11.9 Å². The van der Waals surface area contributed by atoms with Gasteiger partial charge in [0.2, 0.25) is 0 Å². The van der Waals surface area contributed by atoms with Gasteiger partial charge in [-0.25, -0.2) is 9.78 Å². The maximum atomic E-state index is 12.3. The molecule has 1 fully saturated rings. The van der Waals surface area contributed by atoms with E-state index >= 15 is 0 Å². The van der Waals surface area contributed by atoms with E-state index in [-0.39, 0.29) is 6.54 Å². The summed E-state index contributed by atoms with van der Waals surface area (Å²) >= 11 is 0. The van der Waals surface area contributed by atoms with Crippen molar-refractivity contribution in [2.75, 3.05) is 31.1 Å². The zero-order valence-corrected chi connectivity index (χ0v) is 14.7. The van der Waals surface area contributed by atoms with Gasteiger partial charge in [0.15, 0.2) is 0 Å². The van der Waals surface area contributed by atoms with Crippen molar-refractivity contribution in [3.63, 3.8) is 0 Å². The number of aryl methyl sites for hydroxylation is 1. The van der Waals surface area contributed by atoms with Gasteiger partial charge in [-0.15, -0.1) is 0 Å². The Hall–Kier alpha value is -1.82. The Morgan fingerprint density at radius 1 is 1.30 bits per heavy atom. The van der Waals surface area contributed by atoms with E-state index in [4.69, 9.17) is 4.74 Å². The molecule has 1 N–H and O–H groups in total. The van der Waals surface area contributed by atoms with Crippen LogP contribution in [0.4, 0.5) is 10.6 Å². The number of pyridine rings is 1. The number of amides is 1. The molecule has 1 saturated heterocycles. The van der Waals surface area contributed by atoms with Gasteiger partial charge in [-0.05, 0) is 46.8 Å². The van der Waals surface area contributed by atoms with Gasteiger partial charge in [0.05, 0.1) is 12.1 Å². The van der Waals surface area contributed by atoms with Crippen molar-refractivity contribution in [1.82, 2.24) is 9.88 Å². The fourth-order valence-corrected chi connectivity index (χ4v) is 2.65. The van der Waals surface area contributed by atoms with Crippen molar-refractivity contribution in [2.45, 2.75) is 45.8 Å². The van der Waals surface area contributed by atoms with Crippen LogP contribution in [0.2, 0.25) is 0 Å². The highest BCUT2D eigenvalue weighted by Crippen LogP contribution is 2.21. The van der Waals surface area contributed by atoms with Crippen molar-refractivity contribution < 1.29 is 14.6 Å². The molecule has 0 aliphatic carbocycles. The maximum absolute atomic E-state index is 12.3. The number of aliphatic hydroxyl groups is 1. The number of aromatic nitrogens is 1. The first kappa shape index (κ1) is 17.5. The normalized spacial score (nSPS) is 22.7. The van der Waals surface area contributed by atoms with Crippen LogP contribution in [0, 0.1) is 6.92 Å². The minimum atomic E-state index is -1.03. The smallest absolute Gasteiger partial charge is 0.410 e. The molecule has 1 aromatic rings. The lowest BCUT2D eigenvalue weighted by atomic mass is 10.1. The predicted molar refractivity (Wildman–Crippen MR) is 89.6 cm³/mol. The first-order chi connectivity index (χ1) is 10.6. The molecule has 0 bridgehead atoms. The van der Waals surface area contributed by atoms with Crippen LogP contribution in [0.1, 0.15) is 33.4 Å². The van der Waals surface area contributed by atoms with Crippen molar-refractivity contribution in [1.29, 1.82) is 0 Å². The highest BCUT2D eigenvalue weighted by atomic mass is 16.6. The first-order valence-electron chi connectivity index (χ1n) is 7.95. The second kappa shape index (κ2) is 6.35. The largest absolute Gasteiger partial charge is 0.444 e. The third kappa shape index (κ3) is 5.10. The molecule has 128 valence electrons. The molecule has 2 rings (SSSR count). The molecule has 0 radical (unpaired) electrons. The van der Waals surface area contributed by atoms with Gasteiger partial charge in [0.1, 0.15) is 11.4 Å². The van der Waals surface area contributed by atoms with Crippen LogP contribution < -0.4 is 4.90 Å². The summed E-state index contributed by atoms with van der Waals surface area (Å²) < 4.78 is 5.43. The molecule has 1 aliphatic rings. The van der Waals surface area contributed by atoms with Crippen molar-refractivity contribution in [2.24, 2.45) is 0 Å². The van der Waals surface area contributed by atoms with E-state index in [1.165, 1.54) is 0 Å². The van der Waals surface area contributed by atoms with E-state index < -0.39 is 17.3 Å². The first-order valence-corrected chi connectivity index (χ1v) is 7.95. The van der Waals surface area contributed by atoms with Gasteiger partial charge in [-0.3, -0.25) is 0 Å². The number of β-amino-alcohol motifs (C(OH)–C–C–N with tert-alkyl or cyclic N) is 1. The van der Waals surface area contributed by atoms with Gasteiger partial charge in [-0.1, -0.05) is 6.07 Å². The fourth-order valence-electron chi connectivity index (χ4n) is 2.65. The summed E-state index contributed by atoms with van der Waals surface area (Å²) in [5.41, 5.74) is -0.651. The van der Waals surface area contributed by atoms with E-state index in [2.05, 4.69) is 4.98 Å². The number of hydrogen-bond donors (Lipinski definition) is 1. The Morgan fingerprint density at radius 3 is 2.61 bits per heavy atom. The minimum absolute atomic E-state index is 0.240. The lowest BCUT2D eigenvalue weighted by Crippen LogP contribution is -2.47.